The fraction of sp³-hybridized carbons (Fsp3) is 0.235. The molecule has 1 atom stereocenters. The first-order chi connectivity index (χ1) is 9.63. The van der Waals surface area contributed by atoms with Gasteiger partial charge in [-0.25, -0.2) is 0 Å². The maximum absolute atomic E-state index is 12.6. The van der Waals surface area contributed by atoms with Crippen molar-refractivity contribution < 1.29 is 9.53 Å². The Morgan fingerprint density at radius 3 is 2.60 bits per heavy atom. The Hall–Kier alpha value is -2.29. The van der Waals surface area contributed by atoms with E-state index in [-0.39, 0.29) is 11.8 Å². The zero-order valence-electron chi connectivity index (χ0n) is 11.9. The summed E-state index contributed by atoms with van der Waals surface area (Å²) < 4.78 is 5.39. The molecule has 1 unspecified atom stereocenters. The molecule has 0 spiro atoms. The van der Waals surface area contributed by atoms with Crippen LogP contribution >= 0.6 is 0 Å². The predicted octanol–water partition coefficient (Wildman–Crippen LogP) is 3.79. The number of amides is 1. The topological polar surface area (TPSA) is 29.5 Å². The maximum atomic E-state index is 12.6. The van der Waals surface area contributed by atoms with E-state index in [0.717, 1.165) is 16.9 Å². The molecule has 1 amide bonds. The lowest BCUT2D eigenvalue weighted by atomic mass is 10.0. The number of methoxy groups -OCH3 is 1. The van der Waals surface area contributed by atoms with Gasteiger partial charge in [0.1, 0.15) is 5.75 Å². The first kappa shape index (κ1) is 12.7. The lowest BCUT2D eigenvalue weighted by molar-refractivity contribution is -0.118. The number of carbonyl (C=O) groups is 1. The number of aryl methyl sites for hydroxylation is 1. The number of para-hydroxylation sites is 2. The van der Waals surface area contributed by atoms with Crippen LogP contribution in [-0.4, -0.2) is 13.0 Å². The van der Waals surface area contributed by atoms with E-state index >= 15 is 0 Å². The number of nitrogens with zero attached hydrogens (tertiary/aromatic N) is 1. The van der Waals surface area contributed by atoms with Crippen molar-refractivity contribution in [2.45, 2.75) is 19.8 Å². The Balaban J connectivity index is 2.18. The summed E-state index contributed by atoms with van der Waals surface area (Å²) in [6.07, 6.45) is 0. The smallest absolute Gasteiger partial charge is 0.239 e. The average Bonchev–Trinajstić information content (AvgIpc) is 2.71. The van der Waals surface area contributed by atoms with Crippen molar-refractivity contribution in [3.05, 3.63) is 53.6 Å². The molecule has 1 aliphatic rings. The number of anilines is 2. The molecule has 2 aromatic rings. The highest BCUT2D eigenvalue weighted by atomic mass is 16.5. The van der Waals surface area contributed by atoms with Gasteiger partial charge >= 0.3 is 0 Å². The number of benzene rings is 2. The van der Waals surface area contributed by atoms with Gasteiger partial charge < -0.3 is 4.74 Å². The third-order valence-electron chi connectivity index (χ3n) is 3.81. The molecule has 0 fully saturated rings. The quantitative estimate of drug-likeness (QED) is 0.828. The zero-order chi connectivity index (χ0) is 14.3. The SMILES string of the molecule is COc1ccccc1N1C(=O)C(C)c2cc(C)ccc21. The number of ether oxygens (including phenoxy) is 1. The van der Waals surface area contributed by atoms with Crippen LogP contribution in [0, 0.1) is 6.92 Å². The highest BCUT2D eigenvalue weighted by Crippen LogP contribution is 2.44. The van der Waals surface area contributed by atoms with Crippen LogP contribution in [-0.2, 0) is 4.79 Å². The van der Waals surface area contributed by atoms with Crippen LogP contribution in [0.1, 0.15) is 24.0 Å². The lowest BCUT2D eigenvalue weighted by Crippen LogP contribution is -2.23. The first-order valence-corrected chi connectivity index (χ1v) is 6.71. The van der Waals surface area contributed by atoms with Gasteiger partial charge in [0, 0.05) is 0 Å². The average molecular weight is 267 g/mol. The summed E-state index contributed by atoms with van der Waals surface area (Å²) >= 11 is 0. The van der Waals surface area contributed by atoms with Gasteiger partial charge in [-0.05, 0) is 37.6 Å². The van der Waals surface area contributed by atoms with Crippen molar-refractivity contribution in [1.29, 1.82) is 0 Å². The normalized spacial score (nSPS) is 17.2. The molecule has 0 bridgehead atoms. The molecule has 0 saturated carbocycles. The van der Waals surface area contributed by atoms with Crippen molar-refractivity contribution in [2.75, 3.05) is 12.0 Å². The fourth-order valence-electron chi connectivity index (χ4n) is 2.73. The van der Waals surface area contributed by atoms with Crippen molar-refractivity contribution in [1.82, 2.24) is 0 Å². The first-order valence-electron chi connectivity index (χ1n) is 6.71. The Morgan fingerprint density at radius 1 is 1.10 bits per heavy atom. The molecule has 1 aliphatic heterocycles. The minimum Gasteiger partial charge on any atom is -0.495 e. The Kier molecular flexibility index (Phi) is 2.97. The molecule has 2 aromatic carbocycles. The second-order valence-electron chi connectivity index (χ2n) is 5.13. The van der Waals surface area contributed by atoms with Crippen LogP contribution in [0.5, 0.6) is 5.75 Å². The molecule has 102 valence electrons. The van der Waals surface area contributed by atoms with Crippen LogP contribution in [0.3, 0.4) is 0 Å². The minimum atomic E-state index is -0.116. The molecule has 0 aliphatic carbocycles. The van der Waals surface area contributed by atoms with Crippen LogP contribution in [0.25, 0.3) is 0 Å². The summed E-state index contributed by atoms with van der Waals surface area (Å²) in [5.41, 5.74) is 4.01. The maximum Gasteiger partial charge on any atom is 0.239 e. The summed E-state index contributed by atoms with van der Waals surface area (Å²) in [6.45, 7) is 4.00. The van der Waals surface area contributed by atoms with E-state index in [1.807, 2.05) is 50.2 Å². The van der Waals surface area contributed by atoms with Crippen molar-refractivity contribution >= 4 is 17.3 Å². The molecular formula is C17H17NO2. The van der Waals surface area contributed by atoms with E-state index in [9.17, 15) is 4.79 Å². The summed E-state index contributed by atoms with van der Waals surface area (Å²) in [4.78, 5) is 14.4. The summed E-state index contributed by atoms with van der Waals surface area (Å²) in [7, 11) is 1.62. The van der Waals surface area contributed by atoms with Gasteiger partial charge in [-0.3, -0.25) is 9.69 Å². The third kappa shape index (κ3) is 1.78. The second kappa shape index (κ2) is 4.67. The highest BCUT2D eigenvalue weighted by molar-refractivity contribution is 6.10. The van der Waals surface area contributed by atoms with Crippen LogP contribution in [0.4, 0.5) is 11.4 Å². The van der Waals surface area contributed by atoms with E-state index in [4.69, 9.17) is 4.74 Å². The van der Waals surface area contributed by atoms with Crippen molar-refractivity contribution in [3.63, 3.8) is 0 Å². The van der Waals surface area contributed by atoms with Crippen molar-refractivity contribution in [3.8, 4) is 5.75 Å². The Labute approximate surface area is 118 Å². The molecule has 0 saturated heterocycles. The molecule has 0 radical (unpaired) electrons. The van der Waals surface area contributed by atoms with E-state index in [2.05, 4.69) is 6.07 Å². The Morgan fingerprint density at radius 2 is 1.85 bits per heavy atom. The summed E-state index contributed by atoms with van der Waals surface area (Å²) in [5, 5.41) is 0. The minimum absolute atomic E-state index is 0.0927. The standard InChI is InChI=1S/C17H17NO2/c1-11-8-9-14-13(10-11)12(2)17(19)18(14)15-6-4-5-7-16(15)20-3/h4-10,12H,1-3H3. The lowest BCUT2D eigenvalue weighted by Gasteiger charge is -2.20. The molecule has 0 aromatic heterocycles. The van der Waals surface area contributed by atoms with Gasteiger partial charge in [-0.1, -0.05) is 29.8 Å². The molecule has 0 N–H and O–H groups in total. The van der Waals surface area contributed by atoms with Gasteiger partial charge in [-0.2, -0.15) is 0 Å². The van der Waals surface area contributed by atoms with E-state index < -0.39 is 0 Å². The van der Waals surface area contributed by atoms with Crippen LogP contribution < -0.4 is 9.64 Å². The second-order valence-corrected chi connectivity index (χ2v) is 5.13. The van der Waals surface area contributed by atoms with E-state index in [1.54, 1.807) is 12.0 Å². The molecule has 3 rings (SSSR count). The number of fused-ring (bicyclic) bond motifs is 1. The highest BCUT2D eigenvalue weighted by Gasteiger charge is 2.36. The molecular weight excluding hydrogens is 250 g/mol. The predicted molar refractivity (Wildman–Crippen MR) is 79.7 cm³/mol. The zero-order valence-corrected chi connectivity index (χ0v) is 11.9. The summed E-state index contributed by atoms with van der Waals surface area (Å²) in [5.74, 6) is 0.686. The third-order valence-corrected chi connectivity index (χ3v) is 3.81. The monoisotopic (exact) mass is 267 g/mol. The van der Waals surface area contributed by atoms with Gasteiger partial charge in [0.25, 0.3) is 0 Å². The Bertz CT molecular complexity index is 678. The van der Waals surface area contributed by atoms with Crippen LogP contribution in [0.15, 0.2) is 42.5 Å². The summed E-state index contributed by atoms with van der Waals surface area (Å²) in [6, 6.07) is 13.8. The number of carbonyl (C=O) groups excluding carboxylic acids is 1. The molecule has 20 heavy (non-hydrogen) atoms. The van der Waals surface area contributed by atoms with Gasteiger partial charge in [0.15, 0.2) is 0 Å². The number of hydrogen-bond acceptors (Lipinski definition) is 2. The van der Waals surface area contributed by atoms with E-state index in [0.29, 0.717) is 5.75 Å². The largest absolute Gasteiger partial charge is 0.495 e. The van der Waals surface area contributed by atoms with E-state index in [1.165, 1.54) is 5.56 Å². The molecule has 3 heteroatoms. The van der Waals surface area contributed by atoms with Crippen LogP contribution in [0.2, 0.25) is 0 Å². The van der Waals surface area contributed by atoms with Gasteiger partial charge in [0.05, 0.1) is 24.4 Å². The number of rotatable bonds is 2. The number of hydrogen-bond donors (Lipinski definition) is 0. The van der Waals surface area contributed by atoms with Gasteiger partial charge in [0.2, 0.25) is 5.91 Å². The molecule has 3 nitrogen and oxygen atoms in total. The van der Waals surface area contributed by atoms with Gasteiger partial charge in [-0.15, -0.1) is 0 Å². The van der Waals surface area contributed by atoms with Crippen molar-refractivity contribution in [2.24, 2.45) is 0 Å². The molecule has 1 heterocycles. The fourth-order valence-corrected chi connectivity index (χ4v) is 2.73.